The minimum atomic E-state index is -4.77. The van der Waals surface area contributed by atoms with Crippen molar-refractivity contribution in [2.24, 2.45) is 0 Å². The first-order valence-corrected chi connectivity index (χ1v) is 7.82. The Morgan fingerprint density at radius 1 is 1.30 bits per heavy atom. The fourth-order valence-corrected chi connectivity index (χ4v) is 3.52. The fourth-order valence-electron chi connectivity index (χ4n) is 2.19. The third-order valence-corrected chi connectivity index (χ3v) is 4.52. The lowest BCUT2D eigenvalue weighted by Crippen LogP contribution is -2.55. The van der Waals surface area contributed by atoms with Gasteiger partial charge in [-0.3, -0.25) is 4.79 Å². The summed E-state index contributed by atoms with van der Waals surface area (Å²) < 4.78 is 39.9. The molecular weight excluding hydrogens is 335 g/mol. The molecule has 2 N–H and O–H groups in total. The van der Waals surface area contributed by atoms with Crippen LogP contribution < -0.4 is 10.1 Å². The van der Waals surface area contributed by atoms with Crippen LogP contribution in [-0.4, -0.2) is 40.4 Å². The second-order valence-corrected chi connectivity index (χ2v) is 6.21. The van der Waals surface area contributed by atoms with Gasteiger partial charge in [0.2, 0.25) is 5.91 Å². The van der Waals surface area contributed by atoms with Crippen molar-refractivity contribution in [2.45, 2.75) is 24.7 Å². The van der Waals surface area contributed by atoms with Gasteiger partial charge >= 0.3 is 12.3 Å². The average molecular weight is 349 g/mol. The number of nitrogens with one attached hydrogen (secondary N) is 1. The van der Waals surface area contributed by atoms with Crippen LogP contribution in [0.2, 0.25) is 0 Å². The van der Waals surface area contributed by atoms with Gasteiger partial charge in [0.15, 0.2) is 0 Å². The van der Waals surface area contributed by atoms with Crippen molar-refractivity contribution in [1.82, 2.24) is 5.32 Å². The van der Waals surface area contributed by atoms with Crippen molar-refractivity contribution < 1.29 is 32.6 Å². The van der Waals surface area contributed by atoms with Gasteiger partial charge in [0, 0.05) is 5.75 Å². The number of hydrogen-bond acceptors (Lipinski definition) is 4. The summed E-state index contributed by atoms with van der Waals surface area (Å²) in [5.41, 5.74) is -0.802. The molecule has 0 radical (unpaired) electrons. The maximum atomic E-state index is 12.1. The van der Waals surface area contributed by atoms with Gasteiger partial charge in [0.25, 0.3) is 0 Å². The number of amides is 1. The number of rotatable bonds is 5. The Morgan fingerprint density at radius 3 is 2.43 bits per heavy atom. The molecule has 5 nitrogen and oxygen atoms in total. The van der Waals surface area contributed by atoms with Crippen LogP contribution in [0.5, 0.6) is 5.75 Å². The fraction of sp³-hybridized carbons (Fsp3) is 0.429. The van der Waals surface area contributed by atoms with Crippen LogP contribution in [0.1, 0.15) is 12.0 Å². The Balaban J connectivity index is 1.96. The molecule has 0 saturated carbocycles. The summed E-state index contributed by atoms with van der Waals surface area (Å²) in [5.74, 6) is -0.998. The second kappa shape index (κ2) is 6.69. The summed E-state index contributed by atoms with van der Waals surface area (Å²) in [4.78, 5) is 23.3. The van der Waals surface area contributed by atoms with Crippen molar-refractivity contribution in [3.05, 3.63) is 29.8 Å². The van der Waals surface area contributed by atoms with E-state index in [0.29, 0.717) is 23.5 Å². The molecule has 1 aliphatic rings. The molecule has 0 aliphatic carbocycles. The van der Waals surface area contributed by atoms with Gasteiger partial charge in [0.1, 0.15) is 11.3 Å². The summed E-state index contributed by atoms with van der Waals surface area (Å²) in [5, 5.41) is 11.8. The number of carboxylic acids is 1. The highest BCUT2D eigenvalue weighted by atomic mass is 32.2. The Labute approximate surface area is 134 Å². The van der Waals surface area contributed by atoms with E-state index < -0.39 is 23.8 Å². The summed E-state index contributed by atoms with van der Waals surface area (Å²) in [6, 6.07) is 4.87. The van der Waals surface area contributed by atoms with E-state index in [4.69, 9.17) is 0 Å². The number of ether oxygens (including phenoxy) is 1. The molecule has 1 amide bonds. The first-order valence-electron chi connectivity index (χ1n) is 6.67. The monoisotopic (exact) mass is 349 g/mol. The van der Waals surface area contributed by atoms with E-state index in [9.17, 15) is 27.9 Å². The summed E-state index contributed by atoms with van der Waals surface area (Å²) in [7, 11) is 0. The number of carboxylic acid groups (broad SMARTS) is 1. The molecule has 2 rings (SSSR count). The highest BCUT2D eigenvalue weighted by molar-refractivity contribution is 7.99. The third-order valence-electron chi connectivity index (χ3n) is 3.33. The zero-order valence-corrected chi connectivity index (χ0v) is 12.7. The van der Waals surface area contributed by atoms with Crippen LogP contribution in [0.4, 0.5) is 13.2 Å². The lowest BCUT2D eigenvalue weighted by molar-refractivity contribution is -0.274. The van der Waals surface area contributed by atoms with Gasteiger partial charge in [-0.15, -0.1) is 13.2 Å². The standard InChI is InChI=1S/C14H14F3NO4S/c15-14(16,17)22-10-3-1-9(2-4-10)7-11(19)18-13(12(20)21)5-6-23-8-13/h1-4H,5-8H2,(H,18,19)(H,20,21). The highest BCUT2D eigenvalue weighted by Gasteiger charge is 2.43. The van der Waals surface area contributed by atoms with Gasteiger partial charge in [-0.2, -0.15) is 11.8 Å². The number of carbonyl (C=O) groups is 2. The predicted octanol–water partition coefficient (Wildman–Crippen LogP) is 2.20. The quantitative estimate of drug-likeness (QED) is 0.852. The maximum Gasteiger partial charge on any atom is 0.573 e. The van der Waals surface area contributed by atoms with Crippen molar-refractivity contribution in [3.63, 3.8) is 0 Å². The van der Waals surface area contributed by atoms with Gasteiger partial charge in [-0.1, -0.05) is 12.1 Å². The Morgan fingerprint density at radius 2 is 1.96 bits per heavy atom. The van der Waals surface area contributed by atoms with Crippen LogP contribution in [0.3, 0.4) is 0 Å². The molecule has 1 aromatic rings. The number of carbonyl (C=O) groups excluding carboxylic acids is 1. The summed E-state index contributed by atoms with van der Waals surface area (Å²) >= 11 is 1.45. The second-order valence-electron chi connectivity index (χ2n) is 5.11. The molecule has 0 spiro atoms. The molecule has 1 aliphatic heterocycles. The molecule has 1 heterocycles. The smallest absolute Gasteiger partial charge is 0.479 e. The van der Waals surface area contributed by atoms with Crippen molar-refractivity contribution >= 4 is 23.6 Å². The van der Waals surface area contributed by atoms with Crippen molar-refractivity contribution in [1.29, 1.82) is 0 Å². The number of halogens is 3. The Hall–Kier alpha value is -1.90. The first-order chi connectivity index (χ1) is 10.7. The lowest BCUT2D eigenvalue weighted by atomic mass is 9.98. The molecule has 1 unspecified atom stereocenters. The number of benzene rings is 1. The molecule has 126 valence electrons. The molecular formula is C14H14F3NO4S. The molecule has 23 heavy (non-hydrogen) atoms. The molecule has 0 bridgehead atoms. The molecule has 1 aromatic carbocycles. The molecule has 1 fully saturated rings. The Bertz CT molecular complexity index is 583. The van der Waals surface area contributed by atoms with E-state index in [1.807, 2.05) is 0 Å². The van der Waals surface area contributed by atoms with Gasteiger partial charge in [-0.05, 0) is 29.9 Å². The number of alkyl halides is 3. The van der Waals surface area contributed by atoms with Crippen molar-refractivity contribution in [3.8, 4) is 5.75 Å². The van der Waals surface area contributed by atoms with Gasteiger partial charge in [0.05, 0.1) is 6.42 Å². The van der Waals surface area contributed by atoms with Crippen LogP contribution in [0.25, 0.3) is 0 Å². The topological polar surface area (TPSA) is 75.6 Å². The van der Waals surface area contributed by atoms with Gasteiger partial charge < -0.3 is 15.2 Å². The minimum absolute atomic E-state index is 0.119. The van der Waals surface area contributed by atoms with E-state index in [2.05, 4.69) is 10.1 Å². The average Bonchev–Trinajstić information content (AvgIpc) is 2.89. The van der Waals surface area contributed by atoms with Crippen LogP contribution >= 0.6 is 11.8 Å². The third kappa shape index (κ3) is 4.78. The van der Waals surface area contributed by atoms with Crippen LogP contribution in [-0.2, 0) is 16.0 Å². The highest BCUT2D eigenvalue weighted by Crippen LogP contribution is 2.28. The van der Waals surface area contributed by atoms with Crippen molar-refractivity contribution in [2.75, 3.05) is 11.5 Å². The molecule has 1 saturated heterocycles. The van der Waals surface area contributed by atoms with E-state index in [1.54, 1.807) is 0 Å². The van der Waals surface area contributed by atoms with Gasteiger partial charge in [-0.25, -0.2) is 4.79 Å². The molecule has 9 heteroatoms. The maximum absolute atomic E-state index is 12.1. The largest absolute Gasteiger partial charge is 0.573 e. The number of hydrogen-bond donors (Lipinski definition) is 2. The van der Waals surface area contributed by atoms with E-state index in [0.717, 1.165) is 12.1 Å². The predicted molar refractivity (Wildman–Crippen MR) is 77.3 cm³/mol. The van der Waals surface area contributed by atoms with E-state index in [1.165, 1.54) is 23.9 Å². The lowest BCUT2D eigenvalue weighted by Gasteiger charge is -2.24. The normalized spacial score (nSPS) is 21.0. The zero-order valence-electron chi connectivity index (χ0n) is 11.9. The number of thioether (sulfide) groups is 1. The molecule has 1 atom stereocenters. The Kier molecular flexibility index (Phi) is 5.08. The SMILES string of the molecule is O=C(Cc1ccc(OC(F)(F)F)cc1)NC1(C(=O)O)CCSC1. The minimum Gasteiger partial charge on any atom is -0.479 e. The first kappa shape index (κ1) is 17.5. The van der Waals surface area contributed by atoms with E-state index >= 15 is 0 Å². The zero-order chi connectivity index (χ0) is 17.1. The van der Waals surface area contributed by atoms with E-state index in [-0.39, 0.29) is 12.2 Å². The van der Waals surface area contributed by atoms with Crippen LogP contribution in [0, 0.1) is 0 Å². The van der Waals surface area contributed by atoms with Crippen LogP contribution in [0.15, 0.2) is 24.3 Å². The summed E-state index contributed by atoms with van der Waals surface area (Å²) in [6.07, 6.45) is -4.55. The number of aliphatic carboxylic acids is 1. The molecule has 0 aromatic heterocycles. The summed E-state index contributed by atoms with van der Waals surface area (Å²) in [6.45, 7) is 0.